The summed E-state index contributed by atoms with van der Waals surface area (Å²) in [5.74, 6) is 1.67. The minimum atomic E-state index is 0.548. The third kappa shape index (κ3) is 7.30. The van der Waals surface area contributed by atoms with Gasteiger partial charge in [0.05, 0.1) is 11.0 Å². The van der Waals surface area contributed by atoms with Gasteiger partial charge in [0.2, 0.25) is 0 Å². The molecule has 0 aliphatic rings. The third-order valence-electron chi connectivity index (χ3n) is 14.7. The molecule has 0 amide bonds. The number of fused-ring (bicyclic) bond motifs is 9. The standard InChI is InChI=1S/C69H42N4O2/c1-3-14-43(15-4-1)44-28-30-45(31-29-44)67-70-68(52-32-35-56-55-23-8-10-26-62(55)75-65(56)42-52)72-69(71-67)57-24-13-27-64-66(57)59-41-51(34-37-63(59)74-64)49-19-12-17-47(39-49)46-16-11-18-48(38-46)50-33-36-61-58(40-50)54-22-7-9-25-60(54)73(61)53-20-5-2-6-21-53/h1-42H. The van der Waals surface area contributed by atoms with Crippen LogP contribution in [-0.4, -0.2) is 19.5 Å². The maximum absolute atomic E-state index is 6.60. The molecule has 350 valence electrons. The lowest BCUT2D eigenvalue weighted by Gasteiger charge is -2.10. The minimum absolute atomic E-state index is 0.548. The van der Waals surface area contributed by atoms with Crippen LogP contribution in [0.15, 0.2) is 264 Å². The molecule has 0 spiro atoms. The normalized spacial score (nSPS) is 11.7. The molecule has 6 nitrogen and oxygen atoms in total. The molecule has 4 heterocycles. The Kier molecular flexibility index (Phi) is 9.78. The highest BCUT2D eigenvalue weighted by atomic mass is 16.3. The van der Waals surface area contributed by atoms with Crippen LogP contribution in [0.3, 0.4) is 0 Å². The molecule has 4 aromatic heterocycles. The van der Waals surface area contributed by atoms with E-state index in [9.17, 15) is 0 Å². The number of hydrogen-bond acceptors (Lipinski definition) is 5. The average Bonchev–Trinajstić information content (AvgIpc) is 4.18. The highest BCUT2D eigenvalue weighted by Crippen LogP contribution is 2.41. The maximum Gasteiger partial charge on any atom is 0.164 e. The van der Waals surface area contributed by atoms with Gasteiger partial charge in [-0.3, -0.25) is 0 Å². The van der Waals surface area contributed by atoms with E-state index in [1.54, 1.807) is 0 Å². The van der Waals surface area contributed by atoms with Gasteiger partial charge in [0.25, 0.3) is 0 Å². The van der Waals surface area contributed by atoms with E-state index in [0.717, 1.165) is 99.6 Å². The zero-order chi connectivity index (χ0) is 49.4. The molecule has 0 unspecified atom stereocenters. The summed E-state index contributed by atoms with van der Waals surface area (Å²) in [6.07, 6.45) is 0. The Labute approximate surface area is 431 Å². The second-order valence-corrected chi connectivity index (χ2v) is 19.1. The second-order valence-electron chi connectivity index (χ2n) is 19.1. The van der Waals surface area contributed by atoms with Crippen LogP contribution in [0.4, 0.5) is 0 Å². The molecule has 75 heavy (non-hydrogen) atoms. The Hall–Kier alpha value is -10.2. The molecule has 15 aromatic rings. The molecular weight excluding hydrogens is 917 g/mol. The third-order valence-corrected chi connectivity index (χ3v) is 14.7. The van der Waals surface area contributed by atoms with Crippen molar-refractivity contribution in [1.82, 2.24) is 19.5 Å². The van der Waals surface area contributed by atoms with Crippen molar-refractivity contribution in [3.05, 3.63) is 255 Å². The van der Waals surface area contributed by atoms with Crippen molar-refractivity contribution < 1.29 is 8.83 Å². The zero-order valence-electron chi connectivity index (χ0n) is 40.4. The number of hydrogen-bond donors (Lipinski definition) is 0. The molecule has 0 radical (unpaired) electrons. The number of aromatic nitrogens is 4. The molecule has 0 saturated heterocycles. The summed E-state index contributed by atoms with van der Waals surface area (Å²) in [7, 11) is 0. The molecule has 15 rings (SSSR count). The van der Waals surface area contributed by atoms with Crippen molar-refractivity contribution in [2.75, 3.05) is 0 Å². The first-order valence-corrected chi connectivity index (χ1v) is 25.2. The predicted molar refractivity (Wildman–Crippen MR) is 307 cm³/mol. The fourth-order valence-corrected chi connectivity index (χ4v) is 11.0. The number of para-hydroxylation sites is 3. The highest BCUT2D eigenvalue weighted by molar-refractivity contribution is 6.13. The monoisotopic (exact) mass is 958 g/mol. The van der Waals surface area contributed by atoms with Crippen LogP contribution < -0.4 is 0 Å². The SMILES string of the molecule is c1ccc(-c2ccc(-c3nc(-c4ccc5c(c4)oc4ccccc45)nc(-c4cccc5oc6ccc(-c7cccc(-c8cccc(-c9ccc%10c(c9)c9ccccc9n%10-c9ccccc9)c8)c7)cc6c45)n3)cc2)cc1. The molecule has 11 aromatic carbocycles. The van der Waals surface area contributed by atoms with Gasteiger partial charge in [0.1, 0.15) is 22.3 Å². The van der Waals surface area contributed by atoms with Crippen LogP contribution in [0.1, 0.15) is 0 Å². The number of benzene rings is 11. The first kappa shape index (κ1) is 42.5. The smallest absolute Gasteiger partial charge is 0.164 e. The van der Waals surface area contributed by atoms with Crippen molar-refractivity contribution in [2.24, 2.45) is 0 Å². The van der Waals surface area contributed by atoms with Crippen molar-refractivity contribution >= 4 is 65.7 Å². The van der Waals surface area contributed by atoms with Crippen LogP contribution in [0.5, 0.6) is 0 Å². The van der Waals surface area contributed by atoms with E-state index in [1.165, 1.54) is 32.9 Å². The van der Waals surface area contributed by atoms with Gasteiger partial charge in [0, 0.05) is 54.7 Å². The Balaban J connectivity index is 0.816. The predicted octanol–water partition coefficient (Wildman–Crippen LogP) is 18.4. The summed E-state index contributed by atoms with van der Waals surface area (Å²) in [6, 6.07) is 89.5. The lowest BCUT2D eigenvalue weighted by molar-refractivity contribution is 0.668. The molecule has 0 aliphatic carbocycles. The van der Waals surface area contributed by atoms with Crippen LogP contribution >= 0.6 is 0 Å². The van der Waals surface area contributed by atoms with Gasteiger partial charge in [-0.25, -0.2) is 15.0 Å². The van der Waals surface area contributed by atoms with Crippen molar-refractivity contribution in [2.45, 2.75) is 0 Å². The molecular formula is C69H42N4O2. The van der Waals surface area contributed by atoms with Gasteiger partial charge in [-0.2, -0.15) is 0 Å². The summed E-state index contributed by atoms with van der Waals surface area (Å²) in [6.45, 7) is 0. The fourth-order valence-electron chi connectivity index (χ4n) is 11.0. The molecule has 0 fully saturated rings. The van der Waals surface area contributed by atoms with Gasteiger partial charge in [-0.15, -0.1) is 0 Å². The van der Waals surface area contributed by atoms with Gasteiger partial charge in [-0.1, -0.05) is 176 Å². The van der Waals surface area contributed by atoms with Gasteiger partial charge in [0.15, 0.2) is 17.5 Å². The largest absolute Gasteiger partial charge is 0.456 e. The quantitative estimate of drug-likeness (QED) is 0.152. The molecule has 0 aliphatic heterocycles. The number of rotatable bonds is 8. The van der Waals surface area contributed by atoms with Crippen molar-refractivity contribution in [3.63, 3.8) is 0 Å². The van der Waals surface area contributed by atoms with Crippen molar-refractivity contribution in [1.29, 1.82) is 0 Å². The number of furan rings is 2. The first-order chi connectivity index (χ1) is 37.1. The number of nitrogens with zero attached hydrogens (tertiary/aromatic N) is 4. The summed E-state index contributed by atoms with van der Waals surface area (Å²) >= 11 is 0. The minimum Gasteiger partial charge on any atom is -0.456 e. The summed E-state index contributed by atoms with van der Waals surface area (Å²) in [4.78, 5) is 15.6. The zero-order valence-corrected chi connectivity index (χ0v) is 40.4. The van der Waals surface area contributed by atoms with Crippen LogP contribution in [0, 0.1) is 0 Å². The van der Waals surface area contributed by atoms with Crippen LogP contribution in [0.2, 0.25) is 0 Å². The van der Waals surface area contributed by atoms with Gasteiger partial charge >= 0.3 is 0 Å². The van der Waals surface area contributed by atoms with Gasteiger partial charge in [-0.05, 0) is 123 Å². The molecule has 0 bridgehead atoms. The first-order valence-electron chi connectivity index (χ1n) is 25.2. The Morgan fingerprint density at radius 1 is 0.253 bits per heavy atom. The molecule has 0 atom stereocenters. The topological polar surface area (TPSA) is 69.9 Å². The average molecular weight is 959 g/mol. The highest BCUT2D eigenvalue weighted by Gasteiger charge is 2.20. The van der Waals surface area contributed by atoms with Crippen LogP contribution in [-0.2, 0) is 0 Å². The van der Waals surface area contributed by atoms with E-state index >= 15 is 0 Å². The molecule has 0 N–H and O–H groups in total. The summed E-state index contributed by atoms with van der Waals surface area (Å²) < 4.78 is 15.3. The maximum atomic E-state index is 6.60. The van der Waals surface area contributed by atoms with E-state index in [2.05, 4.69) is 217 Å². The van der Waals surface area contributed by atoms with E-state index in [-0.39, 0.29) is 0 Å². The fraction of sp³-hybridized carbons (Fsp3) is 0. The van der Waals surface area contributed by atoms with Crippen molar-refractivity contribution in [3.8, 4) is 84.4 Å². The lowest BCUT2D eigenvalue weighted by atomic mass is 9.95. The van der Waals surface area contributed by atoms with E-state index in [0.29, 0.717) is 17.5 Å². The lowest BCUT2D eigenvalue weighted by Crippen LogP contribution is -2.00. The Bertz CT molecular complexity index is 4700. The molecule has 6 heteroatoms. The Morgan fingerprint density at radius 3 is 1.49 bits per heavy atom. The van der Waals surface area contributed by atoms with Gasteiger partial charge < -0.3 is 13.4 Å². The second kappa shape index (κ2) is 17.3. The molecule has 0 saturated carbocycles. The van der Waals surface area contributed by atoms with E-state index < -0.39 is 0 Å². The Morgan fingerprint density at radius 2 is 0.733 bits per heavy atom. The van der Waals surface area contributed by atoms with E-state index in [4.69, 9.17) is 23.8 Å². The van der Waals surface area contributed by atoms with Crippen LogP contribution in [0.25, 0.3) is 150 Å². The summed E-state index contributed by atoms with van der Waals surface area (Å²) in [5, 5.41) is 6.51. The van der Waals surface area contributed by atoms with E-state index in [1.807, 2.05) is 42.5 Å². The summed E-state index contributed by atoms with van der Waals surface area (Å²) in [5.41, 5.74) is 18.3.